The molecule has 0 unspecified atom stereocenters. The number of imidazole rings is 1. The van der Waals surface area contributed by atoms with Crippen LogP contribution in [0, 0.1) is 0 Å². The average Bonchev–Trinajstić information content (AvgIpc) is 3.05. The maximum Gasteiger partial charge on any atom is 0.246 e. The van der Waals surface area contributed by atoms with E-state index in [1.54, 1.807) is 6.33 Å². The third-order valence-electron chi connectivity index (χ3n) is 3.99. The summed E-state index contributed by atoms with van der Waals surface area (Å²) < 4.78 is 7.32. The molecule has 0 bridgehead atoms. The van der Waals surface area contributed by atoms with E-state index in [1.165, 1.54) is 0 Å². The zero-order chi connectivity index (χ0) is 13.6. The Morgan fingerprint density at radius 2 is 2.15 bits per heavy atom. The molecule has 20 heavy (non-hydrogen) atoms. The van der Waals surface area contributed by atoms with Gasteiger partial charge in [-0.25, -0.2) is 4.98 Å². The summed E-state index contributed by atoms with van der Waals surface area (Å²) in [6, 6.07) is 7.96. The highest BCUT2D eigenvalue weighted by molar-refractivity contribution is 5.74. The first-order valence-corrected chi connectivity index (χ1v) is 6.76. The Morgan fingerprint density at radius 3 is 2.95 bits per heavy atom. The van der Waals surface area contributed by atoms with Crippen LogP contribution in [0.3, 0.4) is 0 Å². The lowest BCUT2D eigenvalue weighted by Gasteiger charge is -2.34. The minimum Gasteiger partial charge on any atom is -0.337 e. The molecule has 1 fully saturated rings. The number of benzene rings is 1. The standard InChI is InChI=1S/C14H15N5O/c15-14(6-3-7-14)13-17-12(20-18-13)8-19-9-16-10-4-1-2-5-11(10)19/h1-2,4-5,9H,3,6-8,15H2. The third-order valence-corrected chi connectivity index (χ3v) is 3.99. The van der Waals surface area contributed by atoms with Gasteiger partial charge in [-0.15, -0.1) is 0 Å². The SMILES string of the molecule is NC1(c2noc(Cn3cnc4ccccc43)n2)CCC1. The van der Waals surface area contributed by atoms with Crippen LogP contribution < -0.4 is 5.73 Å². The molecule has 0 saturated heterocycles. The zero-order valence-corrected chi connectivity index (χ0v) is 11.0. The Hall–Kier alpha value is -2.21. The Labute approximate surface area is 115 Å². The first-order valence-electron chi connectivity index (χ1n) is 6.76. The molecule has 0 spiro atoms. The van der Waals surface area contributed by atoms with Crippen LogP contribution in [0.5, 0.6) is 0 Å². The van der Waals surface area contributed by atoms with Crippen LogP contribution in [0.1, 0.15) is 31.0 Å². The molecule has 3 aromatic rings. The largest absolute Gasteiger partial charge is 0.337 e. The Bertz CT molecular complexity index is 756. The summed E-state index contributed by atoms with van der Waals surface area (Å²) in [7, 11) is 0. The number of aromatic nitrogens is 4. The van der Waals surface area contributed by atoms with Gasteiger partial charge in [0.05, 0.1) is 22.9 Å². The molecule has 1 aliphatic rings. The summed E-state index contributed by atoms with van der Waals surface area (Å²) in [6.45, 7) is 0.517. The normalized spacial score (nSPS) is 17.2. The number of hydrogen-bond donors (Lipinski definition) is 1. The van der Waals surface area contributed by atoms with Gasteiger partial charge in [0.25, 0.3) is 0 Å². The number of fused-ring (bicyclic) bond motifs is 1. The molecule has 1 aliphatic carbocycles. The zero-order valence-electron chi connectivity index (χ0n) is 11.0. The molecule has 4 rings (SSSR count). The molecule has 0 aliphatic heterocycles. The summed E-state index contributed by atoms with van der Waals surface area (Å²) in [5.74, 6) is 1.20. The lowest BCUT2D eigenvalue weighted by atomic mass is 9.77. The fourth-order valence-corrected chi connectivity index (χ4v) is 2.58. The van der Waals surface area contributed by atoms with E-state index < -0.39 is 0 Å². The van der Waals surface area contributed by atoms with Crippen LogP contribution in [0.4, 0.5) is 0 Å². The van der Waals surface area contributed by atoms with Gasteiger partial charge in [-0.2, -0.15) is 4.98 Å². The van der Waals surface area contributed by atoms with Gasteiger partial charge in [0.15, 0.2) is 5.82 Å². The fourth-order valence-electron chi connectivity index (χ4n) is 2.58. The van der Waals surface area contributed by atoms with Gasteiger partial charge < -0.3 is 14.8 Å². The van der Waals surface area contributed by atoms with E-state index in [0.717, 1.165) is 30.3 Å². The first-order chi connectivity index (χ1) is 9.74. The van der Waals surface area contributed by atoms with E-state index in [0.29, 0.717) is 18.3 Å². The lowest BCUT2D eigenvalue weighted by Crippen LogP contribution is -2.44. The number of hydrogen-bond acceptors (Lipinski definition) is 5. The van der Waals surface area contributed by atoms with Gasteiger partial charge in [-0.3, -0.25) is 0 Å². The Kier molecular flexibility index (Phi) is 2.40. The molecule has 6 heteroatoms. The number of nitrogens with two attached hydrogens (primary N) is 1. The van der Waals surface area contributed by atoms with Crippen molar-refractivity contribution in [2.75, 3.05) is 0 Å². The molecule has 102 valence electrons. The van der Waals surface area contributed by atoms with Gasteiger partial charge >= 0.3 is 0 Å². The summed E-state index contributed by atoms with van der Waals surface area (Å²) >= 11 is 0. The first kappa shape index (κ1) is 11.6. The van der Waals surface area contributed by atoms with Crippen molar-refractivity contribution in [3.05, 3.63) is 42.3 Å². The van der Waals surface area contributed by atoms with E-state index in [4.69, 9.17) is 10.3 Å². The second-order valence-corrected chi connectivity index (χ2v) is 5.38. The predicted octanol–water partition coefficient (Wildman–Crippen LogP) is 1.81. The van der Waals surface area contributed by atoms with Crippen LogP contribution >= 0.6 is 0 Å². The number of nitrogens with zero attached hydrogens (tertiary/aromatic N) is 4. The van der Waals surface area contributed by atoms with E-state index in [-0.39, 0.29) is 5.54 Å². The van der Waals surface area contributed by atoms with Crippen molar-refractivity contribution in [3.63, 3.8) is 0 Å². The summed E-state index contributed by atoms with van der Waals surface area (Å²) in [5.41, 5.74) is 7.83. The van der Waals surface area contributed by atoms with E-state index in [1.807, 2.05) is 28.8 Å². The molecule has 1 saturated carbocycles. The van der Waals surface area contributed by atoms with Gasteiger partial charge in [-0.05, 0) is 31.4 Å². The molecule has 6 nitrogen and oxygen atoms in total. The minimum absolute atomic E-state index is 0.376. The Balaban J connectivity index is 1.63. The van der Waals surface area contributed by atoms with Crippen molar-refractivity contribution in [1.29, 1.82) is 0 Å². The molecule has 2 heterocycles. The van der Waals surface area contributed by atoms with Crippen molar-refractivity contribution >= 4 is 11.0 Å². The fraction of sp³-hybridized carbons (Fsp3) is 0.357. The van der Waals surface area contributed by atoms with E-state index in [2.05, 4.69) is 15.1 Å². The maximum absolute atomic E-state index is 6.20. The average molecular weight is 269 g/mol. The second-order valence-electron chi connectivity index (χ2n) is 5.38. The van der Waals surface area contributed by atoms with Crippen LogP contribution in [0.25, 0.3) is 11.0 Å². The van der Waals surface area contributed by atoms with Crippen molar-refractivity contribution in [2.45, 2.75) is 31.3 Å². The molecular weight excluding hydrogens is 254 g/mol. The Morgan fingerprint density at radius 1 is 1.30 bits per heavy atom. The van der Waals surface area contributed by atoms with Crippen molar-refractivity contribution in [2.24, 2.45) is 5.73 Å². The predicted molar refractivity (Wildman–Crippen MR) is 72.8 cm³/mol. The monoisotopic (exact) mass is 269 g/mol. The summed E-state index contributed by atoms with van der Waals surface area (Å²) in [4.78, 5) is 8.78. The highest BCUT2D eigenvalue weighted by Crippen LogP contribution is 2.36. The van der Waals surface area contributed by atoms with Crippen molar-refractivity contribution in [1.82, 2.24) is 19.7 Å². The molecule has 0 radical (unpaired) electrons. The van der Waals surface area contributed by atoms with E-state index in [9.17, 15) is 0 Å². The highest BCUT2D eigenvalue weighted by Gasteiger charge is 2.38. The van der Waals surface area contributed by atoms with E-state index >= 15 is 0 Å². The maximum atomic E-state index is 6.20. The smallest absolute Gasteiger partial charge is 0.246 e. The van der Waals surface area contributed by atoms with Crippen LogP contribution in [-0.4, -0.2) is 19.7 Å². The molecule has 2 N–H and O–H groups in total. The van der Waals surface area contributed by atoms with Crippen molar-refractivity contribution < 1.29 is 4.52 Å². The van der Waals surface area contributed by atoms with Gasteiger partial charge in [0, 0.05) is 0 Å². The van der Waals surface area contributed by atoms with Crippen LogP contribution in [-0.2, 0) is 12.1 Å². The topological polar surface area (TPSA) is 82.8 Å². The molecular formula is C14H15N5O. The quantitative estimate of drug-likeness (QED) is 0.784. The molecule has 0 atom stereocenters. The molecule has 2 aromatic heterocycles. The van der Waals surface area contributed by atoms with Gasteiger partial charge in [-0.1, -0.05) is 17.3 Å². The second kappa shape index (κ2) is 4.14. The van der Waals surface area contributed by atoms with Crippen LogP contribution in [0.15, 0.2) is 35.1 Å². The summed E-state index contributed by atoms with van der Waals surface area (Å²) in [5, 5.41) is 4.03. The van der Waals surface area contributed by atoms with Crippen molar-refractivity contribution in [3.8, 4) is 0 Å². The number of para-hydroxylation sites is 2. The summed E-state index contributed by atoms with van der Waals surface area (Å²) in [6.07, 6.45) is 4.78. The van der Waals surface area contributed by atoms with Crippen LogP contribution in [0.2, 0.25) is 0 Å². The third kappa shape index (κ3) is 1.72. The lowest BCUT2D eigenvalue weighted by molar-refractivity contribution is 0.229. The number of rotatable bonds is 3. The highest BCUT2D eigenvalue weighted by atomic mass is 16.5. The molecule has 1 aromatic carbocycles. The van der Waals surface area contributed by atoms with Gasteiger partial charge in [0.1, 0.15) is 6.54 Å². The molecule has 0 amide bonds. The minimum atomic E-state index is -0.376. The van der Waals surface area contributed by atoms with Gasteiger partial charge in [0.2, 0.25) is 5.89 Å².